The summed E-state index contributed by atoms with van der Waals surface area (Å²) in [5.41, 5.74) is 0.693. The van der Waals surface area contributed by atoms with E-state index in [0.29, 0.717) is 29.4 Å². The van der Waals surface area contributed by atoms with Gasteiger partial charge >= 0.3 is 6.18 Å². The number of nitrogens with zero attached hydrogens (tertiary/aromatic N) is 2. The molecule has 0 radical (unpaired) electrons. The van der Waals surface area contributed by atoms with E-state index in [0.717, 1.165) is 17.7 Å². The van der Waals surface area contributed by atoms with Gasteiger partial charge in [-0.05, 0) is 50.0 Å². The van der Waals surface area contributed by atoms with Crippen LogP contribution in [0.25, 0.3) is 0 Å². The fourth-order valence-corrected chi connectivity index (χ4v) is 4.80. The zero-order chi connectivity index (χ0) is 22.1. The standard InChI is InChI=1S/C22H25F3N2O2S/c1-14-20(15-5-8-17(29-4)9-6-15)30-19-13-16(22(23,24)25)7-10-18(19)27(21(14)28)12-11-26(2)3/h5-10,13-14,20H,11-12H2,1-4H3/t14-,20-/m1/s1. The van der Waals surface area contributed by atoms with Crippen molar-refractivity contribution < 1.29 is 22.7 Å². The topological polar surface area (TPSA) is 32.8 Å². The fourth-order valence-electron chi connectivity index (χ4n) is 3.42. The summed E-state index contributed by atoms with van der Waals surface area (Å²) in [6.45, 7) is 2.85. The van der Waals surface area contributed by atoms with Gasteiger partial charge in [0.2, 0.25) is 5.91 Å². The summed E-state index contributed by atoms with van der Waals surface area (Å²) < 4.78 is 45.3. The Hall–Kier alpha value is -2.19. The number of carbonyl (C=O) groups is 1. The van der Waals surface area contributed by atoms with E-state index >= 15 is 0 Å². The van der Waals surface area contributed by atoms with Crippen molar-refractivity contribution in [3.8, 4) is 5.75 Å². The molecule has 0 N–H and O–H groups in total. The minimum absolute atomic E-state index is 0.0938. The van der Waals surface area contributed by atoms with Crippen LogP contribution in [0.2, 0.25) is 0 Å². The molecule has 8 heteroatoms. The van der Waals surface area contributed by atoms with E-state index in [2.05, 4.69) is 0 Å². The Bertz CT molecular complexity index is 900. The lowest BCUT2D eigenvalue weighted by molar-refractivity contribution is -0.137. The van der Waals surface area contributed by atoms with Gasteiger partial charge in [-0.15, -0.1) is 11.8 Å². The van der Waals surface area contributed by atoms with Crippen LogP contribution in [0, 0.1) is 5.92 Å². The van der Waals surface area contributed by atoms with Crippen LogP contribution in [-0.2, 0) is 11.0 Å². The molecule has 3 rings (SSSR count). The van der Waals surface area contributed by atoms with E-state index in [1.165, 1.54) is 17.8 Å². The molecule has 0 aromatic heterocycles. The van der Waals surface area contributed by atoms with E-state index in [4.69, 9.17) is 4.74 Å². The SMILES string of the molecule is COc1ccc([C@@H]2Sc3cc(C(F)(F)F)ccc3N(CCN(C)C)C(=O)[C@@H]2C)cc1. The van der Waals surface area contributed by atoms with Gasteiger partial charge in [0.1, 0.15) is 5.75 Å². The molecule has 0 fully saturated rings. The maximum absolute atomic E-state index is 13.4. The van der Waals surface area contributed by atoms with Crippen molar-refractivity contribution in [3.63, 3.8) is 0 Å². The molecule has 0 saturated heterocycles. The van der Waals surface area contributed by atoms with Gasteiger partial charge in [-0.2, -0.15) is 13.2 Å². The van der Waals surface area contributed by atoms with Gasteiger partial charge in [0.25, 0.3) is 0 Å². The molecule has 4 nitrogen and oxygen atoms in total. The molecular weight excluding hydrogens is 413 g/mol. The number of thioether (sulfide) groups is 1. The van der Waals surface area contributed by atoms with E-state index in [1.807, 2.05) is 38.1 Å². The third kappa shape index (κ3) is 4.75. The molecule has 0 unspecified atom stereocenters. The normalized spacial score (nSPS) is 19.6. The number of ether oxygens (including phenoxy) is 1. The highest BCUT2D eigenvalue weighted by Gasteiger charge is 2.38. The number of amides is 1. The second kappa shape index (κ2) is 8.89. The summed E-state index contributed by atoms with van der Waals surface area (Å²) in [5.74, 6) is 0.180. The lowest BCUT2D eigenvalue weighted by Crippen LogP contribution is -2.40. The summed E-state index contributed by atoms with van der Waals surface area (Å²) in [6.07, 6.45) is -4.44. The molecule has 0 spiro atoms. The van der Waals surface area contributed by atoms with Crippen LogP contribution in [0.1, 0.15) is 23.3 Å². The number of anilines is 1. The second-order valence-electron chi connectivity index (χ2n) is 7.57. The van der Waals surface area contributed by atoms with E-state index < -0.39 is 17.7 Å². The summed E-state index contributed by atoms with van der Waals surface area (Å²) in [4.78, 5) is 17.4. The first kappa shape index (κ1) is 22.5. The van der Waals surface area contributed by atoms with Crippen LogP contribution in [-0.4, -0.2) is 45.1 Å². The van der Waals surface area contributed by atoms with Crippen LogP contribution >= 0.6 is 11.8 Å². The Balaban J connectivity index is 2.07. The Labute approximate surface area is 179 Å². The number of methoxy groups -OCH3 is 1. The van der Waals surface area contributed by atoms with Crippen LogP contribution < -0.4 is 9.64 Å². The van der Waals surface area contributed by atoms with Crippen molar-refractivity contribution in [1.29, 1.82) is 0 Å². The van der Waals surface area contributed by atoms with Gasteiger partial charge < -0.3 is 14.5 Å². The minimum atomic E-state index is -4.44. The predicted octanol–water partition coefficient (Wildman–Crippen LogP) is 5.09. The van der Waals surface area contributed by atoms with Crippen molar-refractivity contribution in [2.45, 2.75) is 23.2 Å². The van der Waals surface area contributed by atoms with Crippen molar-refractivity contribution in [2.24, 2.45) is 5.92 Å². The van der Waals surface area contributed by atoms with Crippen molar-refractivity contribution in [3.05, 3.63) is 53.6 Å². The molecule has 0 saturated carbocycles. The van der Waals surface area contributed by atoms with Gasteiger partial charge in [0, 0.05) is 23.2 Å². The van der Waals surface area contributed by atoms with Crippen molar-refractivity contribution in [2.75, 3.05) is 39.2 Å². The van der Waals surface area contributed by atoms with Crippen LogP contribution in [0.4, 0.5) is 18.9 Å². The number of rotatable bonds is 5. The summed E-state index contributed by atoms with van der Waals surface area (Å²) >= 11 is 1.31. The predicted molar refractivity (Wildman–Crippen MR) is 113 cm³/mol. The monoisotopic (exact) mass is 438 g/mol. The number of hydrogen-bond acceptors (Lipinski definition) is 4. The highest BCUT2D eigenvalue weighted by Crippen LogP contribution is 2.49. The number of likely N-dealkylation sites (N-methyl/N-ethyl adjacent to an activating group) is 1. The summed E-state index contributed by atoms with van der Waals surface area (Å²) in [5, 5.41) is -0.310. The number of hydrogen-bond donors (Lipinski definition) is 0. The zero-order valence-corrected chi connectivity index (χ0v) is 18.2. The van der Waals surface area contributed by atoms with Gasteiger partial charge in [0.15, 0.2) is 0 Å². The summed E-state index contributed by atoms with van der Waals surface area (Å²) in [6, 6.07) is 11.0. The molecule has 162 valence electrons. The Morgan fingerprint density at radius 3 is 2.37 bits per heavy atom. The quantitative estimate of drug-likeness (QED) is 0.651. The Morgan fingerprint density at radius 1 is 1.13 bits per heavy atom. The Kier molecular flexibility index (Phi) is 6.67. The number of benzene rings is 2. The molecule has 2 aromatic rings. The highest BCUT2D eigenvalue weighted by atomic mass is 32.2. The lowest BCUT2D eigenvalue weighted by atomic mass is 9.98. The van der Waals surface area contributed by atoms with Crippen LogP contribution in [0.15, 0.2) is 47.4 Å². The molecule has 1 amide bonds. The van der Waals surface area contributed by atoms with Gasteiger partial charge in [-0.1, -0.05) is 19.1 Å². The van der Waals surface area contributed by atoms with Crippen molar-refractivity contribution >= 4 is 23.4 Å². The lowest BCUT2D eigenvalue weighted by Gasteiger charge is -2.27. The molecule has 1 aliphatic heterocycles. The molecule has 30 heavy (non-hydrogen) atoms. The van der Waals surface area contributed by atoms with Gasteiger partial charge in [0.05, 0.1) is 24.3 Å². The zero-order valence-electron chi connectivity index (χ0n) is 17.4. The average Bonchev–Trinajstić information content (AvgIpc) is 2.80. The van der Waals surface area contributed by atoms with Gasteiger partial charge in [-0.25, -0.2) is 0 Å². The first-order chi connectivity index (χ1) is 14.1. The fraction of sp³-hybridized carbons (Fsp3) is 0.409. The third-order valence-electron chi connectivity index (χ3n) is 5.16. The van der Waals surface area contributed by atoms with Crippen molar-refractivity contribution in [1.82, 2.24) is 4.90 Å². The first-order valence-corrected chi connectivity index (χ1v) is 10.5. The largest absolute Gasteiger partial charge is 0.497 e. The molecule has 1 heterocycles. The van der Waals surface area contributed by atoms with E-state index in [9.17, 15) is 18.0 Å². The Morgan fingerprint density at radius 2 is 1.80 bits per heavy atom. The molecule has 0 aliphatic carbocycles. The number of fused-ring (bicyclic) bond motifs is 1. The molecular formula is C22H25F3N2O2S. The third-order valence-corrected chi connectivity index (χ3v) is 6.67. The molecule has 0 bridgehead atoms. The van der Waals surface area contributed by atoms with E-state index in [1.54, 1.807) is 24.1 Å². The average molecular weight is 439 g/mol. The maximum Gasteiger partial charge on any atom is 0.416 e. The number of carbonyl (C=O) groups excluding carboxylic acids is 1. The van der Waals surface area contributed by atoms with Crippen LogP contribution in [0.5, 0.6) is 5.75 Å². The molecule has 2 aromatic carbocycles. The van der Waals surface area contributed by atoms with E-state index in [-0.39, 0.29) is 11.2 Å². The van der Waals surface area contributed by atoms with Gasteiger partial charge in [-0.3, -0.25) is 4.79 Å². The second-order valence-corrected chi connectivity index (χ2v) is 8.76. The number of halogens is 3. The number of alkyl halides is 3. The van der Waals surface area contributed by atoms with Crippen LogP contribution in [0.3, 0.4) is 0 Å². The first-order valence-electron chi connectivity index (χ1n) is 9.59. The minimum Gasteiger partial charge on any atom is -0.497 e. The molecule has 1 aliphatic rings. The maximum atomic E-state index is 13.4. The smallest absolute Gasteiger partial charge is 0.416 e. The highest BCUT2D eigenvalue weighted by molar-refractivity contribution is 7.99. The summed E-state index contributed by atoms with van der Waals surface area (Å²) in [7, 11) is 5.36. The molecule has 2 atom stereocenters.